The molecule has 7 heteroatoms. The van der Waals surface area contributed by atoms with Crippen molar-refractivity contribution < 1.29 is 13.2 Å². The highest BCUT2D eigenvalue weighted by Crippen LogP contribution is 2.18. The number of carbonyl (C=O) groups excluding carboxylic acids is 1. The molecular formula is C18H23N3O3S. The summed E-state index contributed by atoms with van der Waals surface area (Å²) in [5.41, 5.74) is 2.68. The molecule has 0 radical (unpaired) electrons. The third kappa shape index (κ3) is 5.04. The Balaban J connectivity index is 1.98. The maximum atomic E-state index is 12.3. The van der Waals surface area contributed by atoms with Crippen LogP contribution in [0.1, 0.15) is 16.7 Å². The lowest BCUT2D eigenvalue weighted by molar-refractivity contribution is 0.240. The van der Waals surface area contributed by atoms with Crippen LogP contribution in [-0.2, 0) is 23.1 Å². The summed E-state index contributed by atoms with van der Waals surface area (Å²) in [6, 6.07) is 14.2. The molecule has 2 aromatic carbocycles. The molecule has 0 aromatic heterocycles. The van der Waals surface area contributed by atoms with E-state index in [2.05, 4.69) is 10.6 Å². The number of hydrogen-bond acceptors (Lipinski definition) is 3. The van der Waals surface area contributed by atoms with E-state index in [-0.39, 0.29) is 17.5 Å². The first-order chi connectivity index (χ1) is 11.8. The molecule has 134 valence electrons. The van der Waals surface area contributed by atoms with Crippen LogP contribution < -0.4 is 10.6 Å². The second kappa shape index (κ2) is 8.13. The smallest absolute Gasteiger partial charge is 0.315 e. The topological polar surface area (TPSA) is 78.5 Å². The van der Waals surface area contributed by atoms with Gasteiger partial charge in [0.15, 0.2) is 0 Å². The molecule has 25 heavy (non-hydrogen) atoms. The Morgan fingerprint density at radius 2 is 1.68 bits per heavy atom. The summed E-state index contributed by atoms with van der Waals surface area (Å²) in [6.45, 7) is 2.53. The van der Waals surface area contributed by atoms with E-state index in [1.807, 2.05) is 31.2 Å². The molecule has 0 heterocycles. The number of benzene rings is 2. The summed E-state index contributed by atoms with van der Waals surface area (Å²) in [5.74, 6) is 0. The van der Waals surface area contributed by atoms with Crippen molar-refractivity contribution in [3.8, 4) is 0 Å². The number of nitrogens with zero attached hydrogens (tertiary/aromatic N) is 1. The molecule has 0 saturated carbocycles. The van der Waals surface area contributed by atoms with E-state index in [0.717, 1.165) is 15.4 Å². The van der Waals surface area contributed by atoms with Crippen LogP contribution in [-0.4, -0.2) is 32.8 Å². The molecule has 0 unspecified atom stereocenters. The number of amides is 2. The summed E-state index contributed by atoms with van der Waals surface area (Å²) in [6.07, 6.45) is 0. The van der Waals surface area contributed by atoms with Crippen LogP contribution >= 0.6 is 0 Å². The Bertz CT molecular complexity index is 848. The van der Waals surface area contributed by atoms with Gasteiger partial charge in [0, 0.05) is 27.2 Å². The van der Waals surface area contributed by atoms with Gasteiger partial charge in [0.05, 0.1) is 4.90 Å². The fraction of sp³-hybridized carbons (Fsp3) is 0.278. The number of nitrogens with one attached hydrogen (secondary N) is 2. The van der Waals surface area contributed by atoms with Gasteiger partial charge in [-0.05, 0) is 24.1 Å². The first-order valence-electron chi connectivity index (χ1n) is 7.88. The zero-order valence-corrected chi connectivity index (χ0v) is 15.4. The van der Waals surface area contributed by atoms with Crippen molar-refractivity contribution in [3.63, 3.8) is 0 Å². The molecule has 0 aliphatic carbocycles. The standard InChI is InChI=1S/C18H23N3O3S/c1-14-7-6-8-15(11-14)12-19-18(22)20-13-16-9-4-5-10-17(16)25(23,24)21(2)3/h4-11H,12-13H2,1-3H3,(H2,19,20,22). The Kier molecular flexibility index (Phi) is 6.17. The second-order valence-electron chi connectivity index (χ2n) is 5.92. The van der Waals surface area contributed by atoms with Crippen LogP contribution in [0.5, 0.6) is 0 Å². The van der Waals surface area contributed by atoms with Crippen molar-refractivity contribution in [1.29, 1.82) is 0 Å². The van der Waals surface area contributed by atoms with Gasteiger partial charge in [-0.2, -0.15) is 0 Å². The van der Waals surface area contributed by atoms with Crippen molar-refractivity contribution in [2.45, 2.75) is 24.9 Å². The minimum Gasteiger partial charge on any atom is -0.334 e. The van der Waals surface area contributed by atoms with E-state index >= 15 is 0 Å². The second-order valence-corrected chi connectivity index (χ2v) is 8.04. The Morgan fingerprint density at radius 1 is 1.00 bits per heavy atom. The molecule has 2 amide bonds. The predicted molar refractivity (Wildman–Crippen MR) is 97.6 cm³/mol. The highest BCUT2D eigenvalue weighted by atomic mass is 32.2. The molecule has 2 N–H and O–H groups in total. The molecule has 6 nitrogen and oxygen atoms in total. The third-order valence-corrected chi connectivity index (χ3v) is 5.62. The summed E-state index contributed by atoms with van der Waals surface area (Å²) < 4.78 is 25.8. The van der Waals surface area contributed by atoms with Gasteiger partial charge in [-0.15, -0.1) is 0 Å². The lowest BCUT2D eigenvalue weighted by Crippen LogP contribution is -2.35. The summed E-state index contributed by atoms with van der Waals surface area (Å²) >= 11 is 0. The summed E-state index contributed by atoms with van der Waals surface area (Å²) in [7, 11) is -0.593. The number of carbonyl (C=O) groups is 1. The number of hydrogen-bond donors (Lipinski definition) is 2. The number of rotatable bonds is 6. The van der Waals surface area contributed by atoms with E-state index in [4.69, 9.17) is 0 Å². The highest BCUT2D eigenvalue weighted by molar-refractivity contribution is 7.89. The van der Waals surface area contributed by atoms with Crippen molar-refractivity contribution >= 4 is 16.1 Å². The van der Waals surface area contributed by atoms with Crippen LogP contribution in [0.4, 0.5) is 4.79 Å². The van der Waals surface area contributed by atoms with Crippen molar-refractivity contribution in [3.05, 3.63) is 65.2 Å². The van der Waals surface area contributed by atoms with Gasteiger partial charge in [-0.25, -0.2) is 17.5 Å². The molecule has 2 rings (SSSR count). The van der Waals surface area contributed by atoms with E-state index in [1.165, 1.54) is 20.2 Å². The first-order valence-corrected chi connectivity index (χ1v) is 9.32. The molecule has 0 bridgehead atoms. The number of urea groups is 1. The zero-order chi connectivity index (χ0) is 18.4. The van der Waals surface area contributed by atoms with Gasteiger partial charge >= 0.3 is 6.03 Å². The van der Waals surface area contributed by atoms with Crippen LogP contribution in [0.25, 0.3) is 0 Å². The molecule has 0 saturated heterocycles. The average molecular weight is 361 g/mol. The molecule has 0 aliphatic heterocycles. The number of sulfonamides is 1. The van der Waals surface area contributed by atoms with Gasteiger partial charge in [0.25, 0.3) is 0 Å². The van der Waals surface area contributed by atoms with Gasteiger partial charge < -0.3 is 10.6 Å². The molecular weight excluding hydrogens is 338 g/mol. The van der Waals surface area contributed by atoms with Crippen LogP contribution in [0, 0.1) is 6.92 Å². The highest BCUT2D eigenvalue weighted by Gasteiger charge is 2.20. The Morgan fingerprint density at radius 3 is 2.36 bits per heavy atom. The molecule has 0 aliphatic rings. The zero-order valence-electron chi connectivity index (χ0n) is 14.6. The Hall–Kier alpha value is -2.38. The van der Waals surface area contributed by atoms with E-state index in [1.54, 1.807) is 18.2 Å². The van der Waals surface area contributed by atoms with Crippen LogP contribution in [0.2, 0.25) is 0 Å². The molecule has 2 aromatic rings. The SMILES string of the molecule is Cc1cccc(CNC(=O)NCc2ccccc2S(=O)(=O)N(C)C)c1. The van der Waals surface area contributed by atoms with E-state index < -0.39 is 10.0 Å². The fourth-order valence-corrected chi connectivity index (χ4v) is 3.46. The predicted octanol–water partition coefficient (Wildman–Crippen LogP) is 2.24. The van der Waals surface area contributed by atoms with E-state index in [0.29, 0.717) is 12.1 Å². The Labute approximate surface area is 148 Å². The maximum absolute atomic E-state index is 12.3. The largest absolute Gasteiger partial charge is 0.334 e. The van der Waals surface area contributed by atoms with Crippen molar-refractivity contribution in [2.24, 2.45) is 0 Å². The minimum atomic E-state index is -3.55. The molecule has 0 fully saturated rings. The monoisotopic (exact) mass is 361 g/mol. The first kappa shape index (κ1) is 19.0. The van der Waals surface area contributed by atoms with E-state index in [9.17, 15) is 13.2 Å². The van der Waals surface area contributed by atoms with Crippen LogP contribution in [0.3, 0.4) is 0 Å². The number of aryl methyl sites for hydroxylation is 1. The molecule has 0 spiro atoms. The minimum absolute atomic E-state index is 0.128. The van der Waals surface area contributed by atoms with Gasteiger partial charge in [-0.3, -0.25) is 0 Å². The lowest BCUT2D eigenvalue weighted by atomic mass is 10.1. The molecule has 0 atom stereocenters. The lowest BCUT2D eigenvalue weighted by Gasteiger charge is -2.15. The third-order valence-electron chi connectivity index (χ3n) is 3.71. The van der Waals surface area contributed by atoms with Gasteiger partial charge in [0.1, 0.15) is 0 Å². The fourth-order valence-electron chi connectivity index (χ4n) is 2.34. The quantitative estimate of drug-likeness (QED) is 0.828. The van der Waals surface area contributed by atoms with Gasteiger partial charge in [-0.1, -0.05) is 48.0 Å². The maximum Gasteiger partial charge on any atom is 0.315 e. The normalized spacial score (nSPS) is 11.4. The van der Waals surface area contributed by atoms with Crippen molar-refractivity contribution in [1.82, 2.24) is 14.9 Å². The summed E-state index contributed by atoms with van der Waals surface area (Å²) in [4.78, 5) is 12.2. The average Bonchev–Trinajstić information content (AvgIpc) is 2.58. The summed E-state index contributed by atoms with van der Waals surface area (Å²) in [5, 5.41) is 5.47. The van der Waals surface area contributed by atoms with Crippen molar-refractivity contribution in [2.75, 3.05) is 14.1 Å². The van der Waals surface area contributed by atoms with Crippen LogP contribution in [0.15, 0.2) is 53.4 Å². The van der Waals surface area contributed by atoms with Gasteiger partial charge in [0.2, 0.25) is 10.0 Å².